The van der Waals surface area contributed by atoms with Gasteiger partial charge in [-0.15, -0.1) is 0 Å². The summed E-state index contributed by atoms with van der Waals surface area (Å²) < 4.78 is 5.84. The van der Waals surface area contributed by atoms with Crippen molar-refractivity contribution in [3.8, 4) is 5.75 Å². The summed E-state index contributed by atoms with van der Waals surface area (Å²) in [5, 5.41) is 1.28. The second-order valence-electron chi connectivity index (χ2n) is 4.83. The van der Waals surface area contributed by atoms with Crippen LogP contribution >= 0.6 is 0 Å². The molecule has 0 radical (unpaired) electrons. The molecule has 1 unspecified atom stereocenters. The normalized spacial score (nSPS) is 22.9. The van der Waals surface area contributed by atoms with Gasteiger partial charge in [0, 0.05) is 19.5 Å². The van der Waals surface area contributed by atoms with Crippen molar-refractivity contribution in [2.45, 2.75) is 18.9 Å². The summed E-state index contributed by atoms with van der Waals surface area (Å²) in [5.74, 6) is 6.57. The maximum absolute atomic E-state index is 11.9. The minimum Gasteiger partial charge on any atom is -0.488 e. The molecule has 2 aliphatic rings. The molecule has 0 saturated carbocycles. The van der Waals surface area contributed by atoms with Crippen LogP contribution in [0, 0.1) is 0 Å². The topological polar surface area (TPSA) is 58.8 Å². The van der Waals surface area contributed by atoms with Crippen LogP contribution in [0.3, 0.4) is 0 Å². The molecule has 5 heteroatoms. The van der Waals surface area contributed by atoms with Gasteiger partial charge in [0.15, 0.2) is 0 Å². The number of carbonyl (C=O) groups excluding carboxylic acids is 1. The lowest BCUT2D eigenvalue weighted by Crippen LogP contribution is -2.54. The number of benzene rings is 1. The summed E-state index contributed by atoms with van der Waals surface area (Å²) in [6.07, 6.45) is 1.84. The van der Waals surface area contributed by atoms with E-state index in [-0.39, 0.29) is 12.1 Å². The number of urea groups is 1. The first-order valence-electron chi connectivity index (χ1n) is 6.30. The lowest BCUT2D eigenvalue weighted by molar-refractivity contribution is 0.103. The Morgan fingerprint density at radius 2 is 2.17 bits per heavy atom. The number of rotatable bonds is 2. The van der Waals surface area contributed by atoms with Gasteiger partial charge >= 0.3 is 6.03 Å². The third kappa shape index (κ3) is 2.01. The Hall–Kier alpha value is -1.75. The molecule has 96 valence electrons. The number of hydrazine groups is 1. The number of amides is 2. The summed E-state index contributed by atoms with van der Waals surface area (Å²) in [5.41, 5.74) is 1.22. The standard InChI is InChI=1S/C13H17N3O2/c14-16-7-3-6-15(13(16)17)9-11-8-10-4-1-2-5-12(10)18-11/h1-2,4-5,11H,3,6-9,14H2. The van der Waals surface area contributed by atoms with E-state index in [9.17, 15) is 4.79 Å². The third-order valence-corrected chi connectivity index (χ3v) is 3.48. The number of carbonyl (C=O) groups is 1. The highest BCUT2D eigenvalue weighted by atomic mass is 16.5. The minimum atomic E-state index is -0.0965. The molecule has 2 amide bonds. The van der Waals surface area contributed by atoms with Gasteiger partial charge in [0.2, 0.25) is 0 Å². The Labute approximate surface area is 106 Å². The molecule has 3 rings (SSSR count). The van der Waals surface area contributed by atoms with Gasteiger partial charge in [-0.25, -0.2) is 10.6 Å². The lowest BCUT2D eigenvalue weighted by Gasteiger charge is -2.33. The molecule has 2 heterocycles. The van der Waals surface area contributed by atoms with E-state index in [0.717, 1.165) is 25.1 Å². The summed E-state index contributed by atoms with van der Waals surface area (Å²) in [6.45, 7) is 2.02. The van der Waals surface area contributed by atoms with Crippen molar-refractivity contribution in [2.75, 3.05) is 19.6 Å². The van der Waals surface area contributed by atoms with E-state index in [4.69, 9.17) is 10.6 Å². The summed E-state index contributed by atoms with van der Waals surface area (Å²) in [7, 11) is 0. The predicted molar refractivity (Wildman–Crippen MR) is 67.0 cm³/mol. The van der Waals surface area contributed by atoms with E-state index in [2.05, 4.69) is 6.07 Å². The molecule has 0 spiro atoms. The lowest BCUT2D eigenvalue weighted by atomic mass is 10.1. The fourth-order valence-electron chi connectivity index (χ4n) is 2.58. The van der Waals surface area contributed by atoms with E-state index in [1.54, 1.807) is 4.90 Å². The van der Waals surface area contributed by atoms with Gasteiger partial charge in [-0.1, -0.05) is 18.2 Å². The highest BCUT2D eigenvalue weighted by molar-refractivity contribution is 5.74. The molecule has 1 aromatic carbocycles. The molecule has 1 atom stereocenters. The van der Waals surface area contributed by atoms with E-state index >= 15 is 0 Å². The number of ether oxygens (including phenoxy) is 1. The number of hydrogen-bond donors (Lipinski definition) is 1. The minimum absolute atomic E-state index is 0.0536. The molecule has 18 heavy (non-hydrogen) atoms. The highest BCUT2D eigenvalue weighted by Crippen LogP contribution is 2.28. The van der Waals surface area contributed by atoms with Gasteiger partial charge in [0.25, 0.3) is 0 Å². The number of hydrogen-bond acceptors (Lipinski definition) is 3. The Balaban J connectivity index is 1.64. The predicted octanol–water partition coefficient (Wildman–Crippen LogP) is 0.992. The van der Waals surface area contributed by atoms with Gasteiger partial charge in [0.1, 0.15) is 11.9 Å². The Kier molecular flexibility index (Phi) is 2.83. The third-order valence-electron chi connectivity index (χ3n) is 3.48. The van der Waals surface area contributed by atoms with Crippen LogP contribution in [0.5, 0.6) is 5.75 Å². The number of nitrogens with two attached hydrogens (primary N) is 1. The van der Waals surface area contributed by atoms with Gasteiger partial charge in [-0.2, -0.15) is 0 Å². The smallest absolute Gasteiger partial charge is 0.334 e. The molecule has 1 aromatic rings. The van der Waals surface area contributed by atoms with Crippen molar-refractivity contribution in [3.63, 3.8) is 0 Å². The molecular weight excluding hydrogens is 230 g/mol. The van der Waals surface area contributed by atoms with Crippen LogP contribution in [0.15, 0.2) is 24.3 Å². The second kappa shape index (κ2) is 4.49. The van der Waals surface area contributed by atoms with Crippen molar-refractivity contribution in [2.24, 2.45) is 5.84 Å². The molecule has 0 aliphatic carbocycles. The molecule has 1 fully saturated rings. The fourth-order valence-corrected chi connectivity index (χ4v) is 2.58. The van der Waals surface area contributed by atoms with Crippen LogP contribution < -0.4 is 10.6 Å². The average molecular weight is 247 g/mol. The maximum atomic E-state index is 11.9. The molecule has 0 bridgehead atoms. The Morgan fingerprint density at radius 3 is 3.00 bits per heavy atom. The van der Waals surface area contributed by atoms with E-state index in [1.165, 1.54) is 10.6 Å². The highest BCUT2D eigenvalue weighted by Gasteiger charge is 2.29. The van der Waals surface area contributed by atoms with Crippen molar-refractivity contribution >= 4 is 6.03 Å². The van der Waals surface area contributed by atoms with Crippen molar-refractivity contribution in [1.29, 1.82) is 0 Å². The Bertz CT molecular complexity index is 438. The molecule has 1 saturated heterocycles. The first-order valence-corrected chi connectivity index (χ1v) is 6.30. The molecule has 2 aliphatic heterocycles. The van der Waals surface area contributed by atoms with Crippen molar-refractivity contribution in [1.82, 2.24) is 9.91 Å². The zero-order chi connectivity index (χ0) is 12.5. The van der Waals surface area contributed by atoms with Gasteiger partial charge in [-0.3, -0.25) is 5.01 Å². The van der Waals surface area contributed by atoms with Gasteiger partial charge in [0.05, 0.1) is 6.54 Å². The van der Waals surface area contributed by atoms with E-state index < -0.39 is 0 Å². The van der Waals surface area contributed by atoms with Crippen LogP contribution in [0.25, 0.3) is 0 Å². The van der Waals surface area contributed by atoms with Crippen LogP contribution in [0.4, 0.5) is 4.79 Å². The largest absolute Gasteiger partial charge is 0.488 e. The zero-order valence-corrected chi connectivity index (χ0v) is 10.2. The zero-order valence-electron chi connectivity index (χ0n) is 10.2. The van der Waals surface area contributed by atoms with E-state index in [1.807, 2.05) is 18.2 Å². The van der Waals surface area contributed by atoms with Gasteiger partial charge in [-0.05, 0) is 18.1 Å². The van der Waals surface area contributed by atoms with Gasteiger partial charge < -0.3 is 9.64 Å². The summed E-state index contributed by atoms with van der Waals surface area (Å²) in [4.78, 5) is 13.6. The second-order valence-corrected chi connectivity index (χ2v) is 4.83. The molecule has 0 aromatic heterocycles. The average Bonchev–Trinajstić information content (AvgIpc) is 2.77. The van der Waals surface area contributed by atoms with Crippen LogP contribution in [0.1, 0.15) is 12.0 Å². The molecule has 5 nitrogen and oxygen atoms in total. The van der Waals surface area contributed by atoms with E-state index in [0.29, 0.717) is 13.1 Å². The van der Waals surface area contributed by atoms with Crippen molar-refractivity contribution < 1.29 is 9.53 Å². The van der Waals surface area contributed by atoms with Crippen LogP contribution in [-0.2, 0) is 6.42 Å². The Morgan fingerprint density at radius 1 is 1.33 bits per heavy atom. The quantitative estimate of drug-likeness (QED) is 0.626. The first kappa shape index (κ1) is 11.3. The molecular formula is C13H17N3O2. The number of fused-ring (bicyclic) bond motifs is 1. The first-order chi connectivity index (χ1) is 8.74. The SMILES string of the molecule is NN1CCCN(CC2Cc3ccccc3O2)C1=O. The maximum Gasteiger partial charge on any atom is 0.334 e. The van der Waals surface area contributed by atoms with Crippen LogP contribution in [0.2, 0.25) is 0 Å². The fraction of sp³-hybridized carbons (Fsp3) is 0.462. The van der Waals surface area contributed by atoms with Crippen molar-refractivity contribution in [3.05, 3.63) is 29.8 Å². The number of para-hydroxylation sites is 1. The molecule has 2 N–H and O–H groups in total. The summed E-state index contributed by atoms with van der Waals surface area (Å²) in [6, 6.07) is 7.93. The number of nitrogens with zero attached hydrogens (tertiary/aromatic N) is 2. The summed E-state index contributed by atoms with van der Waals surface area (Å²) >= 11 is 0. The monoisotopic (exact) mass is 247 g/mol. The van der Waals surface area contributed by atoms with Crippen LogP contribution in [-0.4, -0.2) is 41.7 Å².